The Morgan fingerprint density at radius 3 is 2.75 bits per heavy atom. The van der Waals surface area contributed by atoms with Gasteiger partial charge < -0.3 is 11.1 Å². The van der Waals surface area contributed by atoms with Crippen LogP contribution in [-0.4, -0.2) is 42.5 Å². The Hall–Kier alpha value is -0.610. The van der Waals surface area contributed by atoms with Crippen molar-refractivity contribution < 1.29 is 4.79 Å². The monoisotopic (exact) mass is 227 g/mol. The van der Waals surface area contributed by atoms with E-state index in [-0.39, 0.29) is 18.0 Å². The second kappa shape index (κ2) is 6.21. The largest absolute Gasteiger partial charge is 0.354 e. The number of likely N-dealkylation sites (tertiary alicyclic amines) is 1. The highest BCUT2D eigenvalue weighted by Crippen LogP contribution is 2.11. The molecule has 0 saturated carbocycles. The Kier molecular flexibility index (Phi) is 5.22. The lowest BCUT2D eigenvalue weighted by Crippen LogP contribution is -2.52. The summed E-state index contributed by atoms with van der Waals surface area (Å²) in [4.78, 5) is 14.0. The molecule has 1 amide bonds. The molecule has 1 rings (SSSR count). The van der Waals surface area contributed by atoms with E-state index < -0.39 is 0 Å². The van der Waals surface area contributed by atoms with Gasteiger partial charge in [-0.3, -0.25) is 9.69 Å². The number of hydrogen-bond donors (Lipinski definition) is 2. The Bertz CT molecular complexity index is 230. The van der Waals surface area contributed by atoms with Crippen LogP contribution in [-0.2, 0) is 4.79 Å². The molecule has 1 heterocycles. The fourth-order valence-corrected chi connectivity index (χ4v) is 2.01. The van der Waals surface area contributed by atoms with Gasteiger partial charge in [0.15, 0.2) is 0 Å². The van der Waals surface area contributed by atoms with E-state index in [1.54, 1.807) is 0 Å². The van der Waals surface area contributed by atoms with Crippen LogP contribution in [0.1, 0.15) is 33.6 Å². The highest BCUT2D eigenvalue weighted by atomic mass is 16.2. The maximum absolute atomic E-state index is 11.9. The SMILES string of the molecule is CC(C)CNC(=O)C(C)N1CCC[C@@H](N)C1. The van der Waals surface area contributed by atoms with Crippen LogP contribution < -0.4 is 11.1 Å². The van der Waals surface area contributed by atoms with Crippen LogP contribution >= 0.6 is 0 Å². The molecule has 4 heteroatoms. The van der Waals surface area contributed by atoms with Gasteiger partial charge >= 0.3 is 0 Å². The minimum atomic E-state index is -0.0508. The lowest BCUT2D eigenvalue weighted by atomic mass is 10.0. The Morgan fingerprint density at radius 2 is 2.19 bits per heavy atom. The topological polar surface area (TPSA) is 58.4 Å². The Balaban J connectivity index is 2.37. The third kappa shape index (κ3) is 4.10. The van der Waals surface area contributed by atoms with E-state index in [1.165, 1.54) is 0 Å². The normalized spacial score (nSPS) is 24.4. The summed E-state index contributed by atoms with van der Waals surface area (Å²) in [6.07, 6.45) is 2.18. The molecule has 0 aliphatic carbocycles. The molecule has 0 spiro atoms. The zero-order chi connectivity index (χ0) is 12.1. The number of amides is 1. The third-order valence-electron chi connectivity index (χ3n) is 3.10. The van der Waals surface area contributed by atoms with E-state index in [4.69, 9.17) is 5.73 Å². The third-order valence-corrected chi connectivity index (χ3v) is 3.10. The molecule has 0 radical (unpaired) electrons. The van der Waals surface area contributed by atoms with Gasteiger partial charge in [-0.05, 0) is 32.2 Å². The van der Waals surface area contributed by atoms with Gasteiger partial charge in [0.25, 0.3) is 0 Å². The molecule has 0 aromatic rings. The Morgan fingerprint density at radius 1 is 1.50 bits per heavy atom. The lowest BCUT2D eigenvalue weighted by molar-refractivity contribution is -0.126. The molecular formula is C12H25N3O. The number of hydrogen-bond acceptors (Lipinski definition) is 3. The molecule has 2 atom stereocenters. The number of nitrogens with one attached hydrogen (secondary N) is 1. The van der Waals surface area contributed by atoms with Crippen molar-refractivity contribution in [3.63, 3.8) is 0 Å². The van der Waals surface area contributed by atoms with E-state index in [9.17, 15) is 4.79 Å². The number of carbonyl (C=O) groups excluding carboxylic acids is 1. The quantitative estimate of drug-likeness (QED) is 0.738. The van der Waals surface area contributed by atoms with E-state index >= 15 is 0 Å². The molecule has 1 fully saturated rings. The van der Waals surface area contributed by atoms with Crippen LogP contribution in [0, 0.1) is 5.92 Å². The molecule has 1 aliphatic rings. The predicted molar refractivity (Wildman–Crippen MR) is 66.1 cm³/mol. The van der Waals surface area contributed by atoms with Crippen LogP contribution in [0.5, 0.6) is 0 Å². The molecular weight excluding hydrogens is 202 g/mol. The summed E-state index contributed by atoms with van der Waals surface area (Å²) in [6, 6.07) is 0.180. The summed E-state index contributed by atoms with van der Waals surface area (Å²) >= 11 is 0. The lowest BCUT2D eigenvalue weighted by Gasteiger charge is -2.34. The molecule has 0 aromatic heterocycles. The van der Waals surface area contributed by atoms with Crippen molar-refractivity contribution in [1.29, 1.82) is 0 Å². The summed E-state index contributed by atoms with van der Waals surface area (Å²) in [7, 11) is 0. The molecule has 1 aliphatic heterocycles. The van der Waals surface area contributed by atoms with Crippen LogP contribution in [0.3, 0.4) is 0 Å². The predicted octanol–water partition coefficient (Wildman–Crippen LogP) is 0.570. The van der Waals surface area contributed by atoms with Crippen molar-refractivity contribution in [2.75, 3.05) is 19.6 Å². The molecule has 94 valence electrons. The summed E-state index contributed by atoms with van der Waals surface area (Å²) in [5, 5.41) is 2.97. The molecule has 3 N–H and O–H groups in total. The number of carbonyl (C=O) groups is 1. The van der Waals surface area contributed by atoms with Gasteiger partial charge in [0.1, 0.15) is 0 Å². The van der Waals surface area contributed by atoms with Gasteiger partial charge in [0.05, 0.1) is 6.04 Å². The number of rotatable bonds is 4. The van der Waals surface area contributed by atoms with E-state index in [1.807, 2.05) is 6.92 Å². The minimum absolute atomic E-state index is 0.0508. The van der Waals surface area contributed by atoms with Gasteiger partial charge in [-0.1, -0.05) is 13.8 Å². The van der Waals surface area contributed by atoms with Crippen molar-refractivity contribution in [2.24, 2.45) is 11.7 Å². The highest BCUT2D eigenvalue weighted by molar-refractivity contribution is 5.81. The van der Waals surface area contributed by atoms with Gasteiger partial charge in [-0.2, -0.15) is 0 Å². The first-order valence-corrected chi connectivity index (χ1v) is 6.28. The van der Waals surface area contributed by atoms with Crippen molar-refractivity contribution in [3.05, 3.63) is 0 Å². The summed E-state index contributed by atoms with van der Waals surface area (Å²) in [5.74, 6) is 0.627. The van der Waals surface area contributed by atoms with Crippen LogP contribution in [0.25, 0.3) is 0 Å². The first kappa shape index (κ1) is 13.5. The Labute approximate surface area is 98.6 Å². The average Bonchev–Trinajstić information content (AvgIpc) is 2.24. The molecule has 0 bridgehead atoms. The fourth-order valence-electron chi connectivity index (χ4n) is 2.01. The molecule has 16 heavy (non-hydrogen) atoms. The zero-order valence-electron chi connectivity index (χ0n) is 10.7. The standard InChI is InChI=1S/C12H25N3O/c1-9(2)7-14-12(16)10(3)15-6-4-5-11(13)8-15/h9-11H,4-8,13H2,1-3H3,(H,14,16)/t10?,11-/m1/s1. The molecule has 1 unspecified atom stereocenters. The smallest absolute Gasteiger partial charge is 0.237 e. The molecule has 1 saturated heterocycles. The van der Waals surface area contributed by atoms with Crippen molar-refractivity contribution in [2.45, 2.75) is 45.7 Å². The maximum Gasteiger partial charge on any atom is 0.237 e. The average molecular weight is 227 g/mol. The summed E-state index contributed by atoms with van der Waals surface area (Å²) in [6.45, 7) is 8.75. The number of nitrogens with zero attached hydrogens (tertiary/aromatic N) is 1. The second-order valence-electron chi connectivity index (χ2n) is 5.21. The fraction of sp³-hybridized carbons (Fsp3) is 0.917. The van der Waals surface area contributed by atoms with E-state index in [0.29, 0.717) is 5.92 Å². The minimum Gasteiger partial charge on any atom is -0.354 e. The van der Waals surface area contributed by atoms with Crippen LogP contribution in [0.4, 0.5) is 0 Å². The zero-order valence-corrected chi connectivity index (χ0v) is 10.7. The maximum atomic E-state index is 11.9. The van der Waals surface area contributed by atoms with Gasteiger partial charge in [0, 0.05) is 19.1 Å². The van der Waals surface area contributed by atoms with Crippen molar-refractivity contribution in [1.82, 2.24) is 10.2 Å². The second-order valence-corrected chi connectivity index (χ2v) is 5.21. The van der Waals surface area contributed by atoms with Gasteiger partial charge in [-0.25, -0.2) is 0 Å². The first-order valence-electron chi connectivity index (χ1n) is 6.28. The highest BCUT2D eigenvalue weighted by Gasteiger charge is 2.25. The summed E-state index contributed by atoms with van der Waals surface area (Å²) in [5.41, 5.74) is 5.91. The van der Waals surface area contributed by atoms with E-state index in [2.05, 4.69) is 24.1 Å². The van der Waals surface area contributed by atoms with Gasteiger partial charge in [0.2, 0.25) is 5.91 Å². The van der Waals surface area contributed by atoms with Crippen LogP contribution in [0.15, 0.2) is 0 Å². The van der Waals surface area contributed by atoms with Crippen molar-refractivity contribution >= 4 is 5.91 Å². The number of piperidine rings is 1. The van der Waals surface area contributed by atoms with Crippen molar-refractivity contribution in [3.8, 4) is 0 Å². The number of nitrogens with two attached hydrogens (primary N) is 1. The molecule has 4 nitrogen and oxygen atoms in total. The van der Waals surface area contributed by atoms with E-state index in [0.717, 1.165) is 32.5 Å². The van der Waals surface area contributed by atoms with Gasteiger partial charge in [-0.15, -0.1) is 0 Å². The van der Waals surface area contributed by atoms with Crippen LogP contribution in [0.2, 0.25) is 0 Å². The summed E-state index contributed by atoms with van der Waals surface area (Å²) < 4.78 is 0. The molecule has 0 aromatic carbocycles. The first-order chi connectivity index (χ1) is 7.50.